The zero-order valence-corrected chi connectivity index (χ0v) is 14.9. The standard InChI is InChI=1S/C21H26N2O/c1-15-14-19(17-12-8-9-13-18(17)22-15)23(20(24)21(2,3)4)16-10-6-5-7-11-16/h5-13,15,19,22H,14H2,1-4H3/t15-,19-/m1/s1. The van der Waals surface area contributed by atoms with E-state index in [4.69, 9.17) is 0 Å². The maximum absolute atomic E-state index is 13.3. The number of nitrogens with zero attached hydrogens (tertiary/aromatic N) is 1. The van der Waals surface area contributed by atoms with Crippen molar-refractivity contribution in [3.63, 3.8) is 0 Å². The second kappa shape index (κ2) is 6.31. The van der Waals surface area contributed by atoms with E-state index in [0.29, 0.717) is 6.04 Å². The highest BCUT2D eigenvalue weighted by molar-refractivity contribution is 5.98. The molecule has 126 valence electrons. The molecule has 0 fully saturated rings. The number of hydrogen-bond donors (Lipinski definition) is 1. The smallest absolute Gasteiger partial charge is 0.232 e. The summed E-state index contributed by atoms with van der Waals surface area (Å²) in [6.45, 7) is 8.14. The fourth-order valence-electron chi connectivity index (χ4n) is 3.34. The van der Waals surface area contributed by atoms with Gasteiger partial charge in [-0.05, 0) is 37.1 Å². The molecule has 0 unspecified atom stereocenters. The van der Waals surface area contributed by atoms with Gasteiger partial charge >= 0.3 is 0 Å². The molecule has 3 rings (SSSR count). The van der Waals surface area contributed by atoms with Gasteiger partial charge in [0.1, 0.15) is 0 Å². The average Bonchev–Trinajstić information content (AvgIpc) is 2.55. The van der Waals surface area contributed by atoms with Crippen LogP contribution in [0.5, 0.6) is 0 Å². The summed E-state index contributed by atoms with van der Waals surface area (Å²) >= 11 is 0. The fraction of sp³-hybridized carbons (Fsp3) is 0.381. The number of nitrogens with one attached hydrogen (secondary N) is 1. The largest absolute Gasteiger partial charge is 0.382 e. The minimum atomic E-state index is -0.432. The summed E-state index contributed by atoms with van der Waals surface area (Å²) in [6, 6.07) is 18.7. The van der Waals surface area contributed by atoms with Gasteiger partial charge in [-0.3, -0.25) is 4.79 Å². The Bertz CT molecular complexity index is 718. The van der Waals surface area contributed by atoms with Crippen LogP contribution in [-0.4, -0.2) is 11.9 Å². The summed E-state index contributed by atoms with van der Waals surface area (Å²) in [5, 5.41) is 3.54. The second-order valence-corrected chi connectivity index (χ2v) is 7.64. The molecule has 0 bridgehead atoms. The van der Waals surface area contributed by atoms with Gasteiger partial charge in [0.25, 0.3) is 0 Å². The molecule has 0 spiro atoms. The molecule has 0 aromatic heterocycles. The van der Waals surface area contributed by atoms with E-state index in [-0.39, 0.29) is 11.9 Å². The Labute approximate surface area is 144 Å². The van der Waals surface area contributed by atoms with Gasteiger partial charge in [0.2, 0.25) is 5.91 Å². The molecule has 0 saturated carbocycles. The van der Waals surface area contributed by atoms with Crippen LogP contribution in [-0.2, 0) is 4.79 Å². The second-order valence-electron chi connectivity index (χ2n) is 7.64. The first kappa shape index (κ1) is 16.6. The van der Waals surface area contributed by atoms with E-state index in [1.54, 1.807) is 0 Å². The number of benzene rings is 2. The summed E-state index contributed by atoms with van der Waals surface area (Å²) in [5.74, 6) is 0.155. The molecule has 1 aliphatic rings. The highest BCUT2D eigenvalue weighted by Crippen LogP contribution is 2.40. The van der Waals surface area contributed by atoms with Crippen molar-refractivity contribution in [1.29, 1.82) is 0 Å². The lowest BCUT2D eigenvalue weighted by atomic mass is 9.88. The van der Waals surface area contributed by atoms with Crippen molar-refractivity contribution >= 4 is 17.3 Å². The number of amides is 1. The maximum atomic E-state index is 13.3. The Morgan fingerprint density at radius 2 is 1.67 bits per heavy atom. The van der Waals surface area contributed by atoms with Gasteiger partial charge in [0, 0.05) is 22.8 Å². The Morgan fingerprint density at radius 1 is 1.04 bits per heavy atom. The number of fused-ring (bicyclic) bond motifs is 1. The van der Waals surface area contributed by atoms with Crippen LogP contribution >= 0.6 is 0 Å². The van der Waals surface area contributed by atoms with E-state index < -0.39 is 5.41 Å². The number of hydrogen-bond acceptors (Lipinski definition) is 2. The summed E-state index contributed by atoms with van der Waals surface area (Å²) in [5.41, 5.74) is 2.85. The van der Waals surface area contributed by atoms with Crippen molar-refractivity contribution in [3.8, 4) is 0 Å². The predicted octanol–water partition coefficient (Wildman–Crippen LogP) is 5.01. The van der Waals surface area contributed by atoms with Crippen molar-refractivity contribution in [2.24, 2.45) is 5.41 Å². The third kappa shape index (κ3) is 3.16. The monoisotopic (exact) mass is 322 g/mol. The van der Waals surface area contributed by atoms with E-state index in [0.717, 1.165) is 17.8 Å². The summed E-state index contributed by atoms with van der Waals surface area (Å²) in [7, 11) is 0. The first-order valence-corrected chi connectivity index (χ1v) is 8.62. The molecule has 0 aliphatic carbocycles. The zero-order chi connectivity index (χ0) is 17.3. The highest BCUT2D eigenvalue weighted by atomic mass is 16.2. The molecule has 1 aliphatic heterocycles. The quantitative estimate of drug-likeness (QED) is 0.843. The van der Waals surface area contributed by atoms with Gasteiger partial charge < -0.3 is 10.2 Å². The van der Waals surface area contributed by atoms with Crippen LogP contribution in [0.4, 0.5) is 11.4 Å². The third-order valence-electron chi connectivity index (χ3n) is 4.50. The normalized spacial score (nSPS) is 20.0. The first-order chi connectivity index (χ1) is 11.4. The number of anilines is 2. The van der Waals surface area contributed by atoms with Gasteiger partial charge in [-0.1, -0.05) is 57.2 Å². The van der Waals surface area contributed by atoms with Gasteiger partial charge in [-0.15, -0.1) is 0 Å². The molecule has 2 aromatic rings. The van der Waals surface area contributed by atoms with Crippen LogP contribution in [0.25, 0.3) is 0 Å². The van der Waals surface area contributed by atoms with Gasteiger partial charge in [-0.25, -0.2) is 0 Å². The molecule has 1 heterocycles. The summed E-state index contributed by atoms with van der Waals surface area (Å²) < 4.78 is 0. The van der Waals surface area contributed by atoms with E-state index >= 15 is 0 Å². The molecular weight excluding hydrogens is 296 g/mol. The number of carbonyl (C=O) groups is 1. The molecule has 24 heavy (non-hydrogen) atoms. The van der Waals surface area contributed by atoms with Crippen LogP contribution < -0.4 is 10.2 Å². The molecule has 2 aromatic carbocycles. The molecular formula is C21H26N2O. The number of para-hydroxylation sites is 2. The van der Waals surface area contributed by atoms with Crippen LogP contribution in [0.15, 0.2) is 54.6 Å². The van der Waals surface area contributed by atoms with Gasteiger partial charge in [0.05, 0.1) is 6.04 Å². The molecule has 0 radical (unpaired) electrons. The lowest BCUT2D eigenvalue weighted by Gasteiger charge is -2.41. The van der Waals surface area contributed by atoms with Crippen molar-refractivity contribution in [2.45, 2.75) is 46.2 Å². The Balaban J connectivity index is 2.11. The van der Waals surface area contributed by atoms with E-state index in [1.165, 1.54) is 5.56 Å². The van der Waals surface area contributed by atoms with Gasteiger partial charge in [0.15, 0.2) is 0 Å². The lowest BCUT2D eigenvalue weighted by molar-refractivity contribution is -0.126. The van der Waals surface area contributed by atoms with E-state index in [2.05, 4.69) is 24.4 Å². The Kier molecular flexibility index (Phi) is 4.35. The lowest BCUT2D eigenvalue weighted by Crippen LogP contribution is -2.45. The fourth-order valence-corrected chi connectivity index (χ4v) is 3.34. The first-order valence-electron chi connectivity index (χ1n) is 8.62. The molecule has 0 saturated heterocycles. The molecule has 3 heteroatoms. The van der Waals surface area contributed by atoms with Crippen LogP contribution in [0.1, 0.15) is 45.7 Å². The number of carbonyl (C=O) groups excluding carboxylic acids is 1. The third-order valence-corrected chi connectivity index (χ3v) is 4.50. The number of rotatable bonds is 2. The van der Waals surface area contributed by atoms with Crippen molar-refractivity contribution in [2.75, 3.05) is 10.2 Å². The van der Waals surface area contributed by atoms with Crippen molar-refractivity contribution in [3.05, 3.63) is 60.2 Å². The Morgan fingerprint density at radius 3 is 2.33 bits per heavy atom. The molecule has 1 amide bonds. The topological polar surface area (TPSA) is 32.3 Å². The summed E-state index contributed by atoms with van der Waals surface area (Å²) in [4.78, 5) is 15.3. The van der Waals surface area contributed by atoms with Gasteiger partial charge in [-0.2, -0.15) is 0 Å². The molecule has 3 nitrogen and oxygen atoms in total. The summed E-state index contributed by atoms with van der Waals surface area (Å²) in [6.07, 6.45) is 0.897. The van der Waals surface area contributed by atoms with E-state index in [1.807, 2.05) is 68.1 Å². The minimum Gasteiger partial charge on any atom is -0.382 e. The van der Waals surface area contributed by atoms with Crippen molar-refractivity contribution < 1.29 is 4.79 Å². The highest BCUT2D eigenvalue weighted by Gasteiger charge is 2.37. The Hall–Kier alpha value is -2.29. The predicted molar refractivity (Wildman–Crippen MR) is 100 cm³/mol. The van der Waals surface area contributed by atoms with Crippen LogP contribution in [0.2, 0.25) is 0 Å². The average molecular weight is 322 g/mol. The van der Waals surface area contributed by atoms with Crippen LogP contribution in [0.3, 0.4) is 0 Å². The van der Waals surface area contributed by atoms with E-state index in [9.17, 15) is 4.79 Å². The van der Waals surface area contributed by atoms with Crippen LogP contribution in [0, 0.1) is 5.41 Å². The SMILES string of the molecule is C[C@@H]1C[C@@H](N(C(=O)C(C)(C)C)c2ccccc2)c2ccccc2N1. The van der Waals surface area contributed by atoms with Crippen molar-refractivity contribution in [1.82, 2.24) is 0 Å². The zero-order valence-electron chi connectivity index (χ0n) is 14.9. The molecule has 1 N–H and O–H groups in total. The minimum absolute atomic E-state index is 0.0478. The maximum Gasteiger partial charge on any atom is 0.232 e. The molecule has 2 atom stereocenters.